The zero-order valence-corrected chi connectivity index (χ0v) is 12.7. The number of methoxy groups -OCH3 is 1. The van der Waals surface area contributed by atoms with Crippen LogP contribution in [0.2, 0.25) is 5.02 Å². The summed E-state index contributed by atoms with van der Waals surface area (Å²) in [6.07, 6.45) is 1.72. The highest BCUT2D eigenvalue weighted by molar-refractivity contribution is 6.30. The van der Waals surface area contributed by atoms with Crippen LogP contribution in [0.5, 0.6) is 11.5 Å². The number of hydrogen-bond donors (Lipinski definition) is 1. The number of hydrazone groups is 1. The van der Waals surface area contributed by atoms with Crippen molar-refractivity contribution >= 4 is 23.5 Å². The van der Waals surface area contributed by atoms with Crippen LogP contribution in [0.4, 0.5) is 5.69 Å². The van der Waals surface area contributed by atoms with E-state index in [1.54, 1.807) is 25.5 Å². The third-order valence-electron chi connectivity index (χ3n) is 2.74. The first-order valence-electron chi connectivity index (χ1n) is 6.58. The summed E-state index contributed by atoms with van der Waals surface area (Å²) < 4.78 is 10.8. The molecule has 0 amide bonds. The van der Waals surface area contributed by atoms with E-state index in [-0.39, 0.29) is 0 Å². The number of hydrogen-bond acceptors (Lipinski definition) is 4. The van der Waals surface area contributed by atoms with Gasteiger partial charge in [-0.15, -0.1) is 0 Å². The molecule has 0 unspecified atom stereocenters. The normalized spacial score (nSPS) is 10.6. The van der Waals surface area contributed by atoms with Crippen molar-refractivity contribution in [2.24, 2.45) is 5.10 Å². The fourth-order valence-electron chi connectivity index (χ4n) is 1.74. The fourth-order valence-corrected chi connectivity index (χ4v) is 1.87. The molecular weight excluding hydrogens is 288 g/mol. The summed E-state index contributed by atoms with van der Waals surface area (Å²) >= 11 is 5.82. The average molecular weight is 305 g/mol. The highest BCUT2D eigenvalue weighted by Crippen LogP contribution is 2.27. The lowest BCUT2D eigenvalue weighted by atomic mass is 10.2. The van der Waals surface area contributed by atoms with E-state index in [0.717, 1.165) is 17.0 Å². The molecule has 0 bridgehead atoms. The molecule has 2 rings (SSSR count). The van der Waals surface area contributed by atoms with Crippen molar-refractivity contribution in [3.63, 3.8) is 0 Å². The van der Waals surface area contributed by atoms with Gasteiger partial charge in [0, 0.05) is 5.02 Å². The number of ether oxygens (including phenoxy) is 2. The number of halogens is 1. The van der Waals surface area contributed by atoms with Gasteiger partial charge in [-0.3, -0.25) is 5.43 Å². The number of nitrogens with one attached hydrogen (secondary N) is 1. The minimum atomic E-state index is 0.599. The molecule has 0 heterocycles. The molecular formula is C16H17ClN2O2. The molecule has 5 heteroatoms. The van der Waals surface area contributed by atoms with Crippen molar-refractivity contribution in [1.29, 1.82) is 0 Å². The molecule has 0 atom stereocenters. The molecule has 0 aliphatic rings. The second-order valence-corrected chi connectivity index (χ2v) is 4.66. The predicted molar refractivity (Wildman–Crippen MR) is 86.8 cm³/mol. The largest absolute Gasteiger partial charge is 0.493 e. The number of anilines is 1. The zero-order valence-electron chi connectivity index (χ0n) is 12.0. The van der Waals surface area contributed by atoms with Crippen molar-refractivity contribution in [2.75, 3.05) is 19.1 Å². The van der Waals surface area contributed by atoms with Gasteiger partial charge in [0.05, 0.1) is 25.6 Å². The van der Waals surface area contributed by atoms with Crippen LogP contribution in [0.3, 0.4) is 0 Å². The van der Waals surface area contributed by atoms with Crippen LogP contribution in [0.15, 0.2) is 47.6 Å². The molecule has 0 aliphatic heterocycles. The maximum absolute atomic E-state index is 5.82. The topological polar surface area (TPSA) is 42.8 Å². The molecule has 1 N–H and O–H groups in total. The Bertz CT molecular complexity index is 612. The highest BCUT2D eigenvalue weighted by atomic mass is 35.5. The van der Waals surface area contributed by atoms with Gasteiger partial charge in [0.2, 0.25) is 0 Å². The van der Waals surface area contributed by atoms with Crippen molar-refractivity contribution in [3.05, 3.63) is 53.1 Å². The lowest BCUT2D eigenvalue weighted by Crippen LogP contribution is -1.96. The Morgan fingerprint density at radius 1 is 1.14 bits per heavy atom. The van der Waals surface area contributed by atoms with Crippen LogP contribution in [-0.4, -0.2) is 19.9 Å². The first kappa shape index (κ1) is 15.2. The van der Waals surface area contributed by atoms with E-state index in [0.29, 0.717) is 17.4 Å². The van der Waals surface area contributed by atoms with E-state index in [9.17, 15) is 0 Å². The molecule has 4 nitrogen and oxygen atoms in total. The summed E-state index contributed by atoms with van der Waals surface area (Å²) in [6.45, 7) is 2.53. The summed E-state index contributed by atoms with van der Waals surface area (Å²) in [7, 11) is 1.62. The Hall–Kier alpha value is -2.20. The third kappa shape index (κ3) is 4.39. The van der Waals surface area contributed by atoms with Gasteiger partial charge in [-0.05, 0) is 55.0 Å². The molecule has 2 aromatic rings. The SMILES string of the molecule is CCOc1ccc(C=NNc2ccc(Cl)cc2)cc1OC. The van der Waals surface area contributed by atoms with Crippen LogP contribution in [-0.2, 0) is 0 Å². The third-order valence-corrected chi connectivity index (χ3v) is 2.99. The van der Waals surface area contributed by atoms with Gasteiger partial charge in [0.1, 0.15) is 0 Å². The summed E-state index contributed by atoms with van der Waals surface area (Å²) in [5.41, 5.74) is 4.72. The molecule has 0 saturated heterocycles. The maximum atomic E-state index is 5.82. The monoisotopic (exact) mass is 304 g/mol. The number of nitrogens with zero attached hydrogens (tertiary/aromatic N) is 1. The first-order chi connectivity index (χ1) is 10.2. The van der Waals surface area contributed by atoms with Crippen molar-refractivity contribution in [2.45, 2.75) is 6.92 Å². The molecule has 2 aromatic carbocycles. The van der Waals surface area contributed by atoms with E-state index in [1.165, 1.54) is 0 Å². The average Bonchev–Trinajstić information content (AvgIpc) is 2.51. The second-order valence-electron chi connectivity index (χ2n) is 4.22. The Kier molecular flexibility index (Phi) is 5.46. The molecule has 0 spiro atoms. The van der Waals surface area contributed by atoms with Crippen molar-refractivity contribution in [3.8, 4) is 11.5 Å². The molecule has 0 aromatic heterocycles. The van der Waals surface area contributed by atoms with Crippen LogP contribution in [0.25, 0.3) is 0 Å². The van der Waals surface area contributed by atoms with Gasteiger partial charge in [0.25, 0.3) is 0 Å². The smallest absolute Gasteiger partial charge is 0.161 e. The van der Waals surface area contributed by atoms with E-state index in [1.807, 2.05) is 37.3 Å². The summed E-state index contributed by atoms with van der Waals surface area (Å²) in [5, 5.41) is 4.87. The standard InChI is InChI=1S/C16H17ClN2O2/c1-3-21-15-9-4-12(10-16(15)20-2)11-18-19-14-7-5-13(17)6-8-14/h4-11,19H,3H2,1-2H3. The van der Waals surface area contributed by atoms with Gasteiger partial charge >= 0.3 is 0 Å². The molecule has 0 radical (unpaired) electrons. The first-order valence-corrected chi connectivity index (χ1v) is 6.96. The minimum absolute atomic E-state index is 0.599. The Morgan fingerprint density at radius 2 is 1.90 bits per heavy atom. The summed E-state index contributed by atoms with van der Waals surface area (Å²) in [5.74, 6) is 1.41. The van der Waals surface area contributed by atoms with Crippen molar-refractivity contribution in [1.82, 2.24) is 0 Å². The molecule has 21 heavy (non-hydrogen) atoms. The zero-order chi connectivity index (χ0) is 15.1. The Balaban J connectivity index is 2.05. The molecule has 0 saturated carbocycles. The predicted octanol–water partition coefficient (Wildman–Crippen LogP) is 4.19. The van der Waals surface area contributed by atoms with E-state index in [2.05, 4.69) is 10.5 Å². The molecule has 110 valence electrons. The second kappa shape index (κ2) is 7.55. The Morgan fingerprint density at radius 3 is 2.57 bits per heavy atom. The van der Waals surface area contributed by atoms with Gasteiger partial charge < -0.3 is 9.47 Å². The molecule has 0 aliphatic carbocycles. The summed E-state index contributed by atoms with van der Waals surface area (Å²) in [4.78, 5) is 0. The lowest BCUT2D eigenvalue weighted by Gasteiger charge is -2.09. The van der Waals surface area contributed by atoms with Crippen LogP contribution < -0.4 is 14.9 Å². The van der Waals surface area contributed by atoms with Gasteiger partial charge in [-0.25, -0.2) is 0 Å². The highest BCUT2D eigenvalue weighted by Gasteiger charge is 2.03. The summed E-state index contributed by atoms with van der Waals surface area (Å²) in [6, 6.07) is 13.0. The van der Waals surface area contributed by atoms with Crippen LogP contribution >= 0.6 is 11.6 Å². The minimum Gasteiger partial charge on any atom is -0.493 e. The molecule has 0 fully saturated rings. The Labute approximate surface area is 129 Å². The maximum Gasteiger partial charge on any atom is 0.161 e. The fraction of sp³-hybridized carbons (Fsp3) is 0.188. The van der Waals surface area contributed by atoms with Crippen LogP contribution in [0, 0.1) is 0 Å². The van der Waals surface area contributed by atoms with E-state index < -0.39 is 0 Å². The van der Waals surface area contributed by atoms with E-state index >= 15 is 0 Å². The lowest BCUT2D eigenvalue weighted by molar-refractivity contribution is 0.311. The number of rotatable bonds is 6. The van der Waals surface area contributed by atoms with Gasteiger partial charge in [-0.1, -0.05) is 11.6 Å². The van der Waals surface area contributed by atoms with Gasteiger partial charge in [-0.2, -0.15) is 5.10 Å². The van der Waals surface area contributed by atoms with Crippen LogP contribution in [0.1, 0.15) is 12.5 Å². The number of benzene rings is 2. The quantitative estimate of drug-likeness (QED) is 0.642. The van der Waals surface area contributed by atoms with Gasteiger partial charge in [0.15, 0.2) is 11.5 Å². The van der Waals surface area contributed by atoms with E-state index in [4.69, 9.17) is 21.1 Å². The van der Waals surface area contributed by atoms with Crippen molar-refractivity contribution < 1.29 is 9.47 Å².